The number of ether oxygens (including phenoxy) is 1. The lowest BCUT2D eigenvalue weighted by Gasteiger charge is -2.42. The predicted octanol–water partition coefficient (Wildman–Crippen LogP) is 5.31. The van der Waals surface area contributed by atoms with Crippen molar-refractivity contribution in [2.75, 3.05) is 0 Å². The quantitative estimate of drug-likeness (QED) is 0.377. The summed E-state index contributed by atoms with van der Waals surface area (Å²) in [6.45, 7) is -0.0348. The molecule has 176 valence electrons. The molecule has 0 aliphatic rings. The molecule has 0 aliphatic carbocycles. The van der Waals surface area contributed by atoms with E-state index in [9.17, 15) is 74.6 Å². The fourth-order valence-electron chi connectivity index (χ4n) is 1.44. The van der Waals surface area contributed by atoms with E-state index >= 15 is 0 Å². The summed E-state index contributed by atoms with van der Waals surface area (Å²) in [6, 6.07) is 0. The standard InChI is InChI=1S/C10H5F17O2/c1-2(28)29-10(26,27)8(21,22)6(17,18)4(13,14)3(11,12)5(15,16)7(19,20)9(23,24)25/h2,28H,1H3. The first kappa shape index (κ1) is 27.7. The molecule has 0 saturated heterocycles. The average molecular weight is 480 g/mol. The number of alkyl halides is 17. The van der Waals surface area contributed by atoms with Crippen molar-refractivity contribution in [2.24, 2.45) is 0 Å². The molecule has 0 aromatic carbocycles. The molecule has 0 radical (unpaired) electrons. The van der Waals surface area contributed by atoms with Gasteiger partial charge in [0.05, 0.1) is 0 Å². The third-order valence-electron chi connectivity index (χ3n) is 3.01. The van der Waals surface area contributed by atoms with E-state index in [1.807, 2.05) is 0 Å². The summed E-state index contributed by atoms with van der Waals surface area (Å²) in [7, 11) is 0. The van der Waals surface area contributed by atoms with Crippen molar-refractivity contribution in [2.45, 2.75) is 61.0 Å². The molecule has 0 rings (SSSR count). The minimum absolute atomic E-state index is 0.0348. The maximum absolute atomic E-state index is 13.2. The zero-order valence-electron chi connectivity index (χ0n) is 12.9. The van der Waals surface area contributed by atoms with Crippen molar-refractivity contribution in [3.05, 3.63) is 0 Å². The Hall–Kier alpha value is -1.27. The van der Waals surface area contributed by atoms with Crippen LogP contribution in [0.1, 0.15) is 6.92 Å². The van der Waals surface area contributed by atoms with Gasteiger partial charge in [-0.1, -0.05) is 0 Å². The van der Waals surface area contributed by atoms with Crippen LogP contribution < -0.4 is 0 Å². The highest BCUT2D eigenvalue weighted by molar-refractivity contribution is 5.14. The van der Waals surface area contributed by atoms with E-state index in [1.54, 1.807) is 0 Å². The van der Waals surface area contributed by atoms with Gasteiger partial charge in [0, 0.05) is 0 Å². The highest BCUT2D eigenvalue weighted by Gasteiger charge is 2.95. The number of aliphatic hydroxyl groups excluding tert-OH is 1. The maximum atomic E-state index is 13.2. The Morgan fingerprint density at radius 3 is 0.966 bits per heavy atom. The van der Waals surface area contributed by atoms with Crippen LogP contribution in [0.4, 0.5) is 74.6 Å². The van der Waals surface area contributed by atoms with Crippen LogP contribution in [0.15, 0.2) is 0 Å². The second-order valence-corrected chi connectivity index (χ2v) is 5.18. The lowest BCUT2D eigenvalue weighted by molar-refractivity contribution is -0.483. The second kappa shape index (κ2) is 6.88. The van der Waals surface area contributed by atoms with E-state index in [2.05, 4.69) is 4.74 Å². The fourth-order valence-corrected chi connectivity index (χ4v) is 1.44. The Morgan fingerprint density at radius 2 is 0.724 bits per heavy atom. The number of halogens is 17. The Kier molecular flexibility index (Phi) is 6.58. The monoisotopic (exact) mass is 480 g/mol. The van der Waals surface area contributed by atoms with E-state index in [0.717, 1.165) is 0 Å². The smallest absolute Gasteiger partial charge is 0.368 e. The Labute approximate surface area is 147 Å². The summed E-state index contributed by atoms with van der Waals surface area (Å²) in [5, 5.41) is 8.24. The number of hydrogen-bond donors (Lipinski definition) is 1. The first-order valence-electron chi connectivity index (χ1n) is 6.24. The molecule has 1 N–H and O–H groups in total. The van der Waals surface area contributed by atoms with Crippen molar-refractivity contribution in [3.63, 3.8) is 0 Å². The van der Waals surface area contributed by atoms with E-state index < -0.39 is 54.1 Å². The molecule has 0 aromatic heterocycles. The molecule has 0 amide bonds. The number of hydrogen-bond acceptors (Lipinski definition) is 2. The molecule has 0 fully saturated rings. The van der Waals surface area contributed by atoms with Crippen LogP contribution >= 0.6 is 0 Å². The first-order chi connectivity index (χ1) is 12.2. The van der Waals surface area contributed by atoms with Gasteiger partial charge in [0.25, 0.3) is 0 Å². The van der Waals surface area contributed by atoms with Crippen LogP contribution in [0.25, 0.3) is 0 Å². The van der Waals surface area contributed by atoms with Gasteiger partial charge in [-0.15, -0.1) is 0 Å². The summed E-state index contributed by atoms with van der Waals surface area (Å²) in [5.74, 6) is -50.5. The zero-order valence-corrected chi connectivity index (χ0v) is 12.9. The molecular formula is C10H5F17O2. The summed E-state index contributed by atoms with van der Waals surface area (Å²) in [6.07, 6.45) is -18.0. The Morgan fingerprint density at radius 1 is 0.483 bits per heavy atom. The second-order valence-electron chi connectivity index (χ2n) is 5.18. The molecule has 0 aliphatic heterocycles. The molecule has 0 spiro atoms. The third-order valence-corrected chi connectivity index (χ3v) is 3.01. The summed E-state index contributed by atoms with van der Waals surface area (Å²) in [4.78, 5) is 0. The molecule has 19 heteroatoms. The van der Waals surface area contributed by atoms with Crippen molar-refractivity contribution in [1.29, 1.82) is 0 Å². The van der Waals surface area contributed by atoms with Crippen LogP contribution in [-0.4, -0.2) is 59.2 Å². The molecular weight excluding hydrogens is 475 g/mol. The van der Waals surface area contributed by atoms with Crippen molar-refractivity contribution >= 4 is 0 Å². The van der Waals surface area contributed by atoms with Crippen LogP contribution in [0.2, 0.25) is 0 Å². The van der Waals surface area contributed by atoms with Gasteiger partial charge in [-0.2, -0.15) is 74.6 Å². The maximum Gasteiger partial charge on any atom is 0.460 e. The third kappa shape index (κ3) is 3.67. The van der Waals surface area contributed by atoms with E-state index in [4.69, 9.17) is 5.11 Å². The fraction of sp³-hybridized carbons (Fsp3) is 1.00. The molecule has 1 unspecified atom stereocenters. The SMILES string of the molecule is CC(O)OC(F)(F)C(F)(F)C(F)(F)C(F)(F)C(F)(F)C(F)(F)C(F)(F)C(F)(F)F. The van der Waals surface area contributed by atoms with Gasteiger partial charge in [-0.25, -0.2) is 0 Å². The summed E-state index contributed by atoms with van der Waals surface area (Å²) in [5.41, 5.74) is 0. The first-order valence-corrected chi connectivity index (χ1v) is 6.24. The van der Waals surface area contributed by atoms with Crippen LogP contribution in [0, 0.1) is 0 Å². The highest BCUT2D eigenvalue weighted by atomic mass is 19.4. The van der Waals surface area contributed by atoms with Gasteiger partial charge in [-0.3, -0.25) is 4.74 Å². The van der Waals surface area contributed by atoms with Crippen LogP contribution in [0.5, 0.6) is 0 Å². The van der Waals surface area contributed by atoms with Gasteiger partial charge >= 0.3 is 47.8 Å². The molecule has 1 atom stereocenters. The van der Waals surface area contributed by atoms with Crippen molar-refractivity contribution in [1.82, 2.24) is 0 Å². The molecule has 0 aromatic rings. The van der Waals surface area contributed by atoms with Gasteiger partial charge in [0.1, 0.15) is 0 Å². The van der Waals surface area contributed by atoms with Gasteiger partial charge < -0.3 is 5.11 Å². The van der Waals surface area contributed by atoms with E-state index in [0.29, 0.717) is 0 Å². The lowest BCUT2D eigenvalue weighted by atomic mass is 9.90. The minimum Gasteiger partial charge on any atom is -0.368 e. The molecule has 29 heavy (non-hydrogen) atoms. The molecule has 0 saturated carbocycles. The zero-order chi connectivity index (χ0) is 24.3. The van der Waals surface area contributed by atoms with Gasteiger partial charge in [0.2, 0.25) is 0 Å². The number of aliphatic hydroxyl groups is 1. The number of rotatable bonds is 8. The highest BCUT2D eigenvalue weighted by Crippen LogP contribution is 2.64. The van der Waals surface area contributed by atoms with E-state index in [-0.39, 0.29) is 6.92 Å². The molecule has 0 heterocycles. The summed E-state index contributed by atoms with van der Waals surface area (Å²) >= 11 is 0. The largest absolute Gasteiger partial charge is 0.460 e. The topological polar surface area (TPSA) is 29.5 Å². The average Bonchev–Trinajstić information content (AvgIpc) is 2.43. The Bertz CT molecular complexity index is 590. The molecule has 2 nitrogen and oxygen atoms in total. The van der Waals surface area contributed by atoms with E-state index in [1.165, 1.54) is 0 Å². The van der Waals surface area contributed by atoms with Crippen LogP contribution in [0.3, 0.4) is 0 Å². The normalized spacial score (nSPS) is 17.5. The van der Waals surface area contributed by atoms with Crippen molar-refractivity contribution in [3.8, 4) is 0 Å². The Balaban J connectivity index is 6.65. The minimum atomic E-state index is -8.69. The van der Waals surface area contributed by atoms with Crippen molar-refractivity contribution < 1.29 is 84.5 Å². The molecule has 0 bridgehead atoms. The predicted molar refractivity (Wildman–Crippen MR) is 53.4 cm³/mol. The van der Waals surface area contributed by atoms with Gasteiger partial charge in [-0.05, 0) is 6.92 Å². The summed E-state index contributed by atoms with van der Waals surface area (Å²) < 4.78 is 219. The lowest BCUT2D eigenvalue weighted by Crippen LogP contribution is -2.74. The van der Waals surface area contributed by atoms with Gasteiger partial charge in [0.15, 0.2) is 6.29 Å². The van der Waals surface area contributed by atoms with Crippen LogP contribution in [-0.2, 0) is 4.74 Å².